The summed E-state index contributed by atoms with van der Waals surface area (Å²) in [6, 6.07) is 0. The van der Waals surface area contributed by atoms with Gasteiger partial charge in [-0.2, -0.15) is 0 Å². The van der Waals surface area contributed by atoms with Crippen molar-refractivity contribution in [2.75, 3.05) is 0 Å². The molecule has 0 atom stereocenters. The Morgan fingerprint density at radius 1 is 1.25 bits per heavy atom. The molecule has 1 radical (unpaired) electrons. The van der Waals surface area contributed by atoms with Gasteiger partial charge < -0.3 is 5.48 Å². The van der Waals surface area contributed by atoms with Crippen molar-refractivity contribution in [2.45, 2.75) is 0 Å². The van der Waals surface area contributed by atoms with Crippen molar-refractivity contribution < 1.29 is 42.3 Å². The summed E-state index contributed by atoms with van der Waals surface area (Å²) in [7, 11) is 0. The number of hydrogen-bond acceptors (Lipinski definition) is 1. The maximum atomic E-state index is 6.62. The fourth-order valence-electron chi connectivity index (χ4n) is 0. The molecule has 0 unspecified atom stereocenters. The van der Waals surface area contributed by atoms with Crippen LogP contribution in [0.2, 0.25) is 0 Å². The molecule has 0 heterocycles. The summed E-state index contributed by atoms with van der Waals surface area (Å²) >= 11 is 2.88. The van der Waals surface area contributed by atoms with E-state index in [2.05, 4.69) is 15.8 Å². The molecule has 2 nitrogen and oxygen atoms in total. The second kappa shape index (κ2) is 39.5. The van der Waals surface area contributed by atoms with E-state index in [1.165, 1.54) is 0 Å². The Morgan fingerprint density at radius 3 is 1.25 bits per heavy atom. The summed E-state index contributed by atoms with van der Waals surface area (Å²) in [5.41, 5.74) is 0. The zero-order valence-corrected chi connectivity index (χ0v) is 3.63. The standard InChI is InChI=1S/Co.Ni.2H2O/h;;2*1H2/q;+1;;/p-1. The van der Waals surface area contributed by atoms with E-state index in [0.717, 1.165) is 0 Å². The van der Waals surface area contributed by atoms with Gasteiger partial charge in [0.15, 0.2) is 0 Å². The zero-order valence-electron chi connectivity index (χ0n) is 1.60. The molecule has 34 valence electrons. The van der Waals surface area contributed by atoms with Crippen molar-refractivity contribution in [1.82, 2.24) is 0 Å². The molecule has 0 aromatic carbocycles. The minimum absolute atomic E-state index is 0. The van der Waals surface area contributed by atoms with Crippen LogP contribution in [0.25, 0.3) is 0 Å². The van der Waals surface area contributed by atoms with Crippen LogP contribution in [0, 0.1) is 0 Å². The van der Waals surface area contributed by atoms with Gasteiger partial charge in [0.25, 0.3) is 0 Å². The molecule has 0 fully saturated rings. The monoisotopic (exact) mass is 152 g/mol. The summed E-state index contributed by atoms with van der Waals surface area (Å²) in [4.78, 5) is 0. The average Bonchev–Trinajstić information content (AvgIpc) is 1.00. The topological polar surface area (TPSA) is 51.7 Å². The Morgan fingerprint density at radius 2 is 1.25 bits per heavy atom. The quantitative estimate of drug-likeness (QED) is 0.427. The summed E-state index contributed by atoms with van der Waals surface area (Å²) in [6.07, 6.45) is 0. The second-order valence-corrected chi connectivity index (χ2v) is 0. The van der Waals surface area contributed by atoms with Gasteiger partial charge in [-0.15, -0.1) is 0 Å². The normalized spacial score (nSPS) is 1.75. The van der Waals surface area contributed by atoms with E-state index in [1.807, 2.05) is 0 Å². The zero-order chi connectivity index (χ0) is 2.00. The molecule has 0 amide bonds. The third-order valence-electron chi connectivity index (χ3n) is 0. The summed E-state index contributed by atoms with van der Waals surface area (Å²) in [5.74, 6) is 0. The average molecular weight is 153 g/mol. The predicted octanol–water partition coefficient (Wildman–Crippen LogP) is -1.39. The molecule has 4 heavy (non-hydrogen) atoms. The first-order valence-corrected chi connectivity index (χ1v) is 0.583. The summed E-state index contributed by atoms with van der Waals surface area (Å²) < 4.78 is 6.62. The summed E-state index contributed by atoms with van der Waals surface area (Å²) in [6.45, 7) is 0. The summed E-state index contributed by atoms with van der Waals surface area (Å²) in [5, 5.41) is 0. The van der Waals surface area contributed by atoms with E-state index in [-0.39, 0.29) is 22.3 Å². The van der Waals surface area contributed by atoms with Gasteiger partial charge in [0, 0.05) is 16.8 Å². The fourth-order valence-corrected chi connectivity index (χ4v) is 0. The molecular weight excluding hydrogens is 150 g/mol. The van der Waals surface area contributed by atoms with E-state index < -0.39 is 0 Å². The van der Waals surface area contributed by atoms with Gasteiger partial charge in [-0.1, -0.05) is 0 Å². The van der Waals surface area contributed by atoms with Crippen molar-refractivity contribution in [1.29, 1.82) is 0 Å². The Labute approximate surface area is 42.8 Å². The fraction of sp³-hybridized carbons (Fsp3) is 0. The first-order chi connectivity index (χ1) is 1.00. The molecule has 0 aliphatic rings. The molecule has 0 aromatic heterocycles. The van der Waals surface area contributed by atoms with E-state index in [4.69, 9.17) is 4.25 Å². The van der Waals surface area contributed by atoms with Gasteiger partial charge in [-0.05, 0) is 0 Å². The maximum absolute atomic E-state index is 6.62. The molecule has 0 saturated carbocycles. The molecule has 0 saturated heterocycles. The number of rotatable bonds is 0. The van der Waals surface area contributed by atoms with Gasteiger partial charge in [-0.25, -0.2) is 0 Å². The third-order valence-corrected chi connectivity index (χ3v) is 0. The molecule has 0 bridgehead atoms. The SMILES string of the molecule is O.[Co].[OH][Ni]. The Bertz CT molecular complexity index is 6.00. The van der Waals surface area contributed by atoms with E-state index in [1.54, 1.807) is 0 Å². The first-order valence-electron chi connectivity index (χ1n) is 0.141. The molecular formula is H3CoNiO2. The second-order valence-electron chi connectivity index (χ2n) is 0. The van der Waals surface area contributed by atoms with Gasteiger partial charge >= 0.3 is 20.0 Å². The predicted molar refractivity (Wildman–Crippen MR) is 5.83 cm³/mol. The van der Waals surface area contributed by atoms with E-state index in [0.29, 0.717) is 0 Å². The minimum atomic E-state index is 0. The van der Waals surface area contributed by atoms with Gasteiger partial charge in [0.1, 0.15) is 0 Å². The molecule has 0 aliphatic carbocycles. The van der Waals surface area contributed by atoms with Crippen LogP contribution in [0.15, 0.2) is 0 Å². The Hall–Kier alpha value is 0.920. The molecule has 0 rings (SSSR count). The van der Waals surface area contributed by atoms with Crippen molar-refractivity contribution in [3.63, 3.8) is 0 Å². The van der Waals surface area contributed by atoms with Crippen LogP contribution in [-0.2, 0) is 32.6 Å². The Kier molecular flexibility index (Phi) is 202. The molecule has 0 aliphatic heterocycles. The van der Waals surface area contributed by atoms with E-state index in [9.17, 15) is 0 Å². The van der Waals surface area contributed by atoms with E-state index >= 15 is 0 Å². The third kappa shape index (κ3) is 12.7. The van der Waals surface area contributed by atoms with Crippen molar-refractivity contribution in [3.8, 4) is 0 Å². The van der Waals surface area contributed by atoms with Gasteiger partial charge in [0.2, 0.25) is 0 Å². The van der Waals surface area contributed by atoms with Crippen LogP contribution in [-0.4, -0.2) is 9.73 Å². The van der Waals surface area contributed by atoms with Crippen LogP contribution in [0.1, 0.15) is 0 Å². The van der Waals surface area contributed by atoms with Gasteiger partial charge in [-0.3, -0.25) is 0 Å². The first kappa shape index (κ1) is 20.5. The molecule has 0 aromatic rings. The van der Waals surface area contributed by atoms with Crippen LogP contribution < -0.4 is 0 Å². The van der Waals surface area contributed by atoms with Crippen molar-refractivity contribution in [2.24, 2.45) is 0 Å². The van der Waals surface area contributed by atoms with Crippen LogP contribution in [0.4, 0.5) is 0 Å². The number of hydrogen-bond donors (Lipinski definition) is 1. The Balaban J connectivity index is -0.00000000500. The van der Waals surface area contributed by atoms with Crippen LogP contribution in [0.5, 0.6) is 0 Å². The van der Waals surface area contributed by atoms with Crippen LogP contribution >= 0.6 is 0 Å². The van der Waals surface area contributed by atoms with Gasteiger partial charge in [0.05, 0.1) is 0 Å². The molecule has 0 spiro atoms. The molecule has 4 heteroatoms. The van der Waals surface area contributed by atoms with Crippen molar-refractivity contribution in [3.05, 3.63) is 0 Å². The van der Waals surface area contributed by atoms with Crippen molar-refractivity contribution >= 4 is 0 Å². The van der Waals surface area contributed by atoms with Crippen LogP contribution in [0.3, 0.4) is 0 Å². The molecule has 3 N–H and O–H groups in total.